The summed E-state index contributed by atoms with van der Waals surface area (Å²) in [5.74, 6) is 1.90. The highest BCUT2D eigenvalue weighted by Crippen LogP contribution is 2.43. The van der Waals surface area contributed by atoms with Gasteiger partial charge in [0, 0.05) is 47.0 Å². The molecule has 0 radical (unpaired) electrons. The monoisotopic (exact) mass is 735 g/mol. The summed E-state index contributed by atoms with van der Waals surface area (Å²) in [6, 6.07) is 12.8. The van der Waals surface area contributed by atoms with E-state index in [1.165, 1.54) is 57.5 Å². The Labute approximate surface area is 313 Å². The number of anilines is 2. The van der Waals surface area contributed by atoms with E-state index in [1.807, 2.05) is 18.4 Å². The second-order valence-corrected chi connectivity index (χ2v) is 17.7. The maximum atomic E-state index is 12.3. The minimum absolute atomic E-state index is 0.109. The Hall–Kier alpha value is -3.71. The van der Waals surface area contributed by atoms with Crippen LogP contribution in [-0.4, -0.2) is 68.5 Å². The van der Waals surface area contributed by atoms with Gasteiger partial charge in [0.25, 0.3) is 5.91 Å². The van der Waals surface area contributed by atoms with Crippen molar-refractivity contribution in [2.75, 3.05) is 24.2 Å². The number of benzene rings is 1. The molecule has 5 N–H and O–H groups in total. The van der Waals surface area contributed by atoms with E-state index in [-0.39, 0.29) is 5.82 Å². The van der Waals surface area contributed by atoms with Gasteiger partial charge in [-0.15, -0.1) is 22.7 Å². The zero-order chi connectivity index (χ0) is 35.2. The van der Waals surface area contributed by atoms with Crippen molar-refractivity contribution >= 4 is 60.6 Å². The number of nitrogens with zero attached hydrogens (tertiary/aromatic N) is 5. The van der Waals surface area contributed by atoms with E-state index in [0.29, 0.717) is 30.1 Å². The average Bonchev–Trinajstić information content (AvgIpc) is 3.93. The van der Waals surface area contributed by atoms with E-state index in [9.17, 15) is 4.79 Å². The van der Waals surface area contributed by atoms with E-state index >= 15 is 0 Å². The third-order valence-corrected chi connectivity index (χ3v) is 14.5. The minimum atomic E-state index is -0.572. The van der Waals surface area contributed by atoms with Crippen LogP contribution in [0.2, 0.25) is 0 Å². The van der Waals surface area contributed by atoms with Crippen LogP contribution in [0.1, 0.15) is 94.9 Å². The number of carbonyl (C=O) groups is 1. The zero-order valence-corrected chi connectivity index (χ0v) is 31.6. The van der Waals surface area contributed by atoms with E-state index in [4.69, 9.17) is 15.7 Å². The lowest BCUT2D eigenvalue weighted by molar-refractivity contribution is 0.0991. The molecule has 0 bridgehead atoms. The number of fused-ring (bicyclic) bond motifs is 6. The molecule has 4 heterocycles. The second kappa shape index (κ2) is 14.6. The number of aromatic nitrogens is 4. The SMILES string of the molecule is CN[C@H]1CC[C@@H](Nc2nc(C(N)=O)nc3sc4c(c23)C[C@H](CN(Cc2ccccc2)C2CCC(Nc3ncnc5sc6c(c35)CCC6)CC2)C4)CC1. The van der Waals surface area contributed by atoms with Crippen molar-refractivity contribution in [1.82, 2.24) is 30.2 Å². The van der Waals surface area contributed by atoms with Crippen LogP contribution >= 0.6 is 22.7 Å². The Morgan fingerprint density at radius 2 is 1.52 bits per heavy atom. The lowest BCUT2D eigenvalue weighted by atomic mass is 9.89. The highest BCUT2D eigenvalue weighted by atomic mass is 32.1. The quantitative estimate of drug-likeness (QED) is 0.115. The van der Waals surface area contributed by atoms with Gasteiger partial charge in [-0.3, -0.25) is 9.69 Å². The lowest BCUT2D eigenvalue weighted by Gasteiger charge is -2.38. The van der Waals surface area contributed by atoms with E-state index in [2.05, 4.69) is 61.2 Å². The van der Waals surface area contributed by atoms with Gasteiger partial charge in [0.15, 0.2) is 0 Å². The molecular weight excluding hydrogens is 687 g/mol. The van der Waals surface area contributed by atoms with Gasteiger partial charge >= 0.3 is 0 Å². The van der Waals surface area contributed by atoms with Crippen molar-refractivity contribution in [2.45, 2.75) is 114 Å². The van der Waals surface area contributed by atoms with Crippen LogP contribution in [0.15, 0.2) is 36.7 Å². The number of hydrogen-bond donors (Lipinski definition) is 4. The first-order valence-corrected chi connectivity index (χ1v) is 21.0. The van der Waals surface area contributed by atoms with Crippen molar-refractivity contribution in [2.24, 2.45) is 11.7 Å². The number of amides is 1. The fourth-order valence-electron chi connectivity index (χ4n) is 9.48. The molecule has 1 aromatic carbocycles. The smallest absolute Gasteiger partial charge is 0.286 e. The Bertz CT molecular complexity index is 2060. The molecule has 4 aliphatic rings. The van der Waals surface area contributed by atoms with Crippen LogP contribution in [0.3, 0.4) is 0 Å². The van der Waals surface area contributed by atoms with Crippen LogP contribution in [0.4, 0.5) is 11.6 Å². The predicted octanol–water partition coefficient (Wildman–Crippen LogP) is 6.87. The molecule has 1 amide bonds. The van der Waals surface area contributed by atoms with Crippen molar-refractivity contribution in [3.63, 3.8) is 0 Å². The number of rotatable bonds is 11. The summed E-state index contributed by atoms with van der Waals surface area (Å²) in [5, 5.41) is 13.5. The Morgan fingerprint density at radius 3 is 2.29 bits per heavy atom. The lowest BCUT2D eigenvalue weighted by Crippen LogP contribution is -2.42. The molecule has 272 valence electrons. The highest BCUT2D eigenvalue weighted by Gasteiger charge is 2.34. The fourth-order valence-corrected chi connectivity index (χ4v) is 12.0. The number of carbonyl (C=O) groups excluding carboxylic acids is 1. The fraction of sp³-hybridized carbons (Fsp3) is 0.525. The number of nitrogens with two attached hydrogens (primary N) is 1. The third-order valence-electron chi connectivity index (χ3n) is 12.2. The summed E-state index contributed by atoms with van der Waals surface area (Å²) in [5.41, 5.74) is 9.96. The summed E-state index contributed by atoms with van der Waals surface area (Å²) >= 11 is 3.60. The summed E-state index contributed by atoms with van der Waals surface area (Å²) in [4.78, 5) is 38.8. The molecule has 2 saturated carbocycles. The number of primary amides is 1. The van der Waals surface area contributed by atoms with Crippen LogP contribution in [0.25, 0.3) is 20.4 Å². The molecule has 4 aliphatic carbocycles. The molecule has 4 aromatic heterocycles. The highest BCUT2D eigenvalue weighted by molar-refractivity contribution is 7.19. The average molecular weight is 736 g/mol. The largest absolute Gasteiger partial charge is 0.367 e. The second-order valence-electron chi connectivity index (χ2n) is 15.5. The van der Waals surface area contributed by atoms with Crippen molar-refractivity contribution in [1.29, 1.82) is 0 Å². The number of aryl methyl sites for hydroxylation is 2. The molecule has 1 atom stereocenters. The minimum Gasteiger partial charge on any atom is -0.367 e. The van der Waals surface area contributed by atoms with Crippen LogP contribution in [0, 0.1) is 5.92 Å². The first-order valence-electron chi connectivity index (χ1n) is 19.3. The van der Waals surface area contributed by atoms with Crippen LogP contribution in [0.5, 0.6) is 0 Å². The molecule has 0 spiro atoms. The molecular formula is C40H49N9OS2. The van der Waals surface area contributed by atoms with Gasteiger partial charge in [0.1, 0.15) is 27.6 Å². The summed E-state index contributed by atoms with van der Waals surface area (Å²) in [6.45, 7) is 2.03. The molecule has 10 nitrogen and oxygen atoms in total. The Balaban J connectivity index is 0.912. The Kier molecular flexibility index (Phi) is 9.57. The number of hydrogen-bond acceptors (Lipinski definition) is 11. The van der Waals surface area contributed by atoms with Crippen LogP contribution < -0.4 is 21.7 Å². The zero-order valence-electron chi connectivity index (χ0n) is 30.0. The molecule has 0 aliphatic heterocycles. The topological polar surface area (TPSA) is 134 Å². The van der Waals surface area contributed by atoms with E-state index in [0.717, 1.165) is 97.6 Å². The van der Waals surface area contributed by atoms with Crippen molar-refractivity contribution < 1.29 is 4.79 Å². The standard InChI is InChI=1S/C40H49N9OS2/c1-42-25-10-12-26(13-11-25)46-37-34-30-18-24(19-32(30)52-40(34)48-38(47-37)35(41)50)21-49(20-23-6-3-2-4-7-23)28-16-14-27(15-17-28)45-36-33-29-8-5-9-31(29)51-39(33)44-22-43-36/h2-4,6-7,22,24-28,42H,5,8-21H2,1H3,(H2,41,50)(H,43,44,45)(H,46,47,48)/t24-,25-,26+,27?,28?/m0/s1. The van der Waals surface area contributed by atoms with Crippen LogP contribution in [-0.2, 0) is 32.2 Å². The molecule has 12 heteroatoms. The molecule has 52 heavy (non-hydrogen) atoms. The Morgan fingerprint density at radius 1 is 0.808 bits per heavy atom. The van der Waals surface area contributed by atoms with Gasteiger partial charge in [-0.1, -0.05) is 30.3 Å². The van der Waals surface area contributed by atoms with Gasteiger partial charge in [-0.25, -0.2) is 19.9 Å². The normalized spacial score (nSPS) is 24.4. The van der Waals surface area contributed by atoms with E-state index in [1.54, 1.807) is 17.7 Å². The van der Waals surface area contributed by atoms with Gasteiger partial charge in [-0.2, -0.15) is 0 Å². The van der Waals surface area contributed by atoms with Gasteiger partial charge in [-0.05, 0) is 113 Å². The molecule has 0 unspecified atom stereocenters. The van der Waals surface area contributed by atoms with Gasteiger partial charge in [0.05, 0.1) is 10.8 Å². The van der Waals surface area contributed by atoms with E-state index < -0.39 is 5.91 Å². The van der Waals surface area contributed by atoms with Gasteiger partial charge < -0.3 is 21.7 Å². The summed E-state index contributed by atoms with van der Waals surface area (Å²) in [6.07, 6.45) is 16.4. The number of nitrogens with one attached hydrogen (secondary N) is 3. The van der Waals surface area contributed by atoms with Crippen molar-refractivity contribution in [3.05, 3.63) is 68.9 Å². The van der Waals surface area contributed by atoms with Gasteiger partial charge in [0.2, 0.25) is 5.82 Å². The predicted molar refractivity (Wildman–Crippen MR) is 212 cm³/mol. The third kappa shape index (κ3) is 6.79. The first-order chi connectivity index (χ1) is 25.5. The number of thiophene rings is 2. The first kappa shape index (κ1) is 34.1. The summed E-state index contributed by atoms with van der Waals surface area (Å²) in [7, 11) is 2.05. The molecule has 5 aromatic rings. The molecule has 2 fully saturated rings. The molecule has 9 rings (SSSR count). The molecule has 0 saturated heterocycles. The maximum Gasteiger partial charge on any atom is 0.286 e. The maximum absolute atomic E-state index is 12.3. The summed E-state index contributed by atoms with van der Waals surface area (Å²) < 4.78 is 0. The van der Waals surface area contributed by atoms with Crippen molar-refractivity contribution in [3.8, 4) is 0 Å².